The van der Waals surface area contributed by atoms with E-state index in [9.17, 15) is 14.7 Å². The molecule has 0 spiro atoms. The van der Waals surface area contributed by atoms with Crippen molar-refractivity contribution >= 4 is 16.9 Å². The van der Waals surface area contributed by atoms with E-state index in [1.54, 1.807) is 24.3 Å². The van der Waals surface area contributed by atoms with Gasteiger partial charge in [0.05, 0.1) is 10.9 Å². The average Bonchev–Trinajstić information content (AvgIpc) is 2.55. The largest absolute Gasteiger partial charge is 0.480 e. The van der Waals surface area contributed by atoms with Crippen molar-refractivity contribution in [1.82, 2.24) is 9.55 Å². The number of hydrogen-bond acceptors (Lipinski definition) is 3. The van der Waals surface area contributed by atoms with Crippen molar-refractivity contribution < 1.29 is 9.90 Å². The van der Waals surface area contributed by atoms with Crippen LogP contribution in [0.15, 0.2) is 59.4 Å². The summed E-state index contributed by atoms with van der Waals surface area (Å²) in [7, 11) is 0. The average molecular weight is 294 g/mol. The smallest absolute Gasteiger partial charge is 0.326 e. The second kappa shape index (κ2) is 5.44. The van der Waals surface area contributed by atoms with Crippen molar-refractivity contribution in [3.05, 3.63) is 65.0 Å². The zero-order valence-corrected chi connectivity index (χ0v) is 11.9. The molecule has 0 aliphatic rings. The summed E-state index contributed by atoms with van der Waals surface area (Å²) < 4.78 is 1.24. The minimum Gasteiger partial charge on any atom is -0.480 e. The van der Waals surface area contributed by atoms with Crippen LogP contribution in [0.5, 0.6) is 0 Å². The first kappa shape index (κ1) is 14.0. The fourth-order valence-corrected chi connectivity index (χ4v) is 2.41. The van der Waals surface area contributed by atoms with Crippen LogP contribution >= 0.6 is 0 Å². The Morgan fingerprint density at radius 1 is 1.09 bits per heavy atom. The monoisotopic (exact) mass is 294 g/mol. The molecule has 0 fully saturated rings. The summed E-state index contributed by atoms with van der Waals surface area (Å²) in [5.74, 6) is -0.712. The van der Waals surface area contributed by atoms with E-state index in [2.05, 4.69) is 4.98 Å². The summed E-state index contributed by atoms with van der Waals surface area (Å²) in [5.41, 5.74) is 0.915. The first-order valence-electron chi connectivity index (χ1n) is 6.89. The zero-order valence-electron chi connectivity index (χ0n) is 11.9. The van der Waals surface area contributed by atoms with Gasteiger partial charge in [-0.25, -0.2) is 9.78 Å². The molecule has 1 N–H and O–H groups in total. The summed E-state index contributed by atoms with van der Waals surface area (Å²) in [6, 6.07) is 15.1. The van der Waals surface area contributed by atoms with E-state index in [4.69, 9.17) is 0 Å². The van der Waals surface area contributed by atoms with Crippen molar-refractivity contribution in [2.75, 3.05) is 0 Å². The molecule has 3 aromatic rings. The molecule has 5 heteroatoms. The summed E-state index contributed by atoms with van der Waals surface area (Å²) >= 11 is 0. The van der Waals surface area contributed by atoms with Crippen molar-refractivity contribution in [2.45, 2.75) is 13.0 Å². The first-order valence-corrected chi connectivity index (χ1v) is 6.89. The van der Waals surface area contributed by atoms with Crippen LogP contribution in [-0.2, 0) is 4.79 Å². The van der Waals surface area contributed by atoms with Gasteiger partial charge in [0.25, 0.3) is 5.56 Å². The standard InChI is InChI=1S/C17H14N2O3/c1-11(17(21)22)19-15(12-7-3-2-4-8-12)18-14-10-6-5-9-13(14)16(19)20/h2-11H,1H3,(H,21,22). The third kappa shape index (κ3) is 2.26. The number of carboxylic acid groups (broad SMARTS) is 1. The number of nitrogens with zero attached hydrogens (tertiary/aromatic N) is 2. The van der Waals surface area contributed by atoms with Crippen LogP contribution in [0.3, 0.4) is 0 Å². The SMILES string of the molecule is CC(C(=O)O)n1c(-c2ccccc2)nc2ccccc2c1=O. The molecule has 0 saturated heterocycles. The number of hydrogen-bond donors (Lipinski definition) is 1. The Kier molecular flexibility index (Phi) is 3.47. The van der Waals surface area contributed by atoms with E-state index >= 15 is 0 Å². The number of aliphatic carboxylic acids is 1. The molecule has 2 aromatic carbocycles. The molecule has 1 heterocycles. The van der Waals surface area contributed by atoms with Gasteiger partial charge in [-0.15, -0.1) is 0 Å². The molecule has 0 aliphatic heterocycles. The lowest BCUT2D eigenvalue weighted by Gasteiger charge is -2.17. The summed E-state index contributed by atoms with van der Waals surface area (Å²) in [4.78, 5) is 28.6. The van der Waals surface area contributed by atoms with Crippen LogP contribution < -0.4 is 5.56 Å². The van der Waals surface area contributed by atoms with Crippen LogP contribution in [0.2, 0.25) is 0 Å². The van der Waals surface area contributed by atoms with Gasteiger partial charge in [-0.3, -0.25) is 9.36 Å². The number of carboxylic acids is 1. The van der Waals surface area contributed by atoms with E-state index in [-0.39, 0.29) is 5.56 Å². The molecule has 110 valence electrons. The van der Waals surface area contributed by atoms with E-state index in [1.165, 1.54) is 11.5 Å². The second-order valence-electron chi connectivity index (χ2n) is 5.01. The molecule has 1 atom stereocenters. The Hall–Kier alpha value is -2.95. The third-order valence-corrected chi connectivity index (χ3v) is 3.58. The van der Waals surface area contributed by atoms with Gasteiger partial charge in [-0.2, -0.15) is 0 Å². The van der Waals surface area contributed by atoms with Crippen LogP contribution in [0, 0.1) is 0 Å². The van der Waals surface area contributed by atoms with E-state index in [0.29, 0.717) is 22.3 Å². The maximum Gasteiger partial charge on any atom is 0.326 e. The minimum absolute atomic E-state index is 0.348. The Morgan fingerprint density at radius 2 is 1.73 bits per heavy atom. The number of carbonyl (C=O) groups is 1. The van der Waals surface area contributed by atoms with Gasteiger partial charge in [-0.1, -0.05) is 42.5 Å². The van der Waals surface area contributed by atoms with Crippen LogP contribution in [0.4, 0.5) is 0 Å². The Bertz CT molecular complexity index is 901. The third-order valence-electron chi connectivity index (χ3n) is 3.58. The van der Waals surface area contributed by atoms with Gasteiger partial charge in [-0.05, 0) is 19.1 Å². The predicted octanol–water partition coefficient (Wildman–Crippen LogP) is 2.71. The lowest BCUT2D eigenvalue weighted by atomic mass is 10.1. The molecule has 0 radical (unpaired) electrons. The summed E-state index contributed by atoms with van der Waals surface area (Å²) in [6.45, 7) is 1.48. The van der Waals surface area contributed by atoms with Crippen LogP contribution in [0.25, 0.3) is 22.3 Å². The highest BCUT2D eigenvalue weighted by Crippen LogP contribution is 2.21. The molecule has 0 saturated carbocycles. The number of para-hydroxylation sites is 1. The molecule has 22 heavy (non-hydrogen) atoms. The van der Waals surface area contributed by atoms with Gasteiger partial charge in [0.2, 0.25) is 0 Å². The highest BCUT2D eigenvalue weighted by molar-refractivity contribution is 5.81. The minimum atomic E-state index is -1.07. The lowest BCUT2D eigenvalue weighted by molar-refractivity contribution is -0.140. The maximum atomic E-state index is 12.7. The normalized spacial score (nSPS) is 12.2. The van der Waals surface area contributed by atoms with Gasteiger partial charge in [0.15, 0.2) is 0 Å². The highest BCUT2D eigenvalue weighted by Gasteiger charge is 2.21. The quantitative estimate of drug-likeness (QED) is 0.806. The molecule has 0 bridgehead atoms. The predicted molar refractivity (Wildman–Crippen MR) is 83.8 cm³/mol. The molecular formula is C17H14N2O3. The molecule has 1 aromatic heterocycles. The Morgan fingerprint density at radius 3 is 2.41 bits per heavy atom. The van der Waals surface area contributed by atoms with E-state index in [0.717, 1.165) is 0 Å². The number of benzene rings is 2. The fourth-order valence-electron chi connectivity index (χ4n) is 2.41. The number of rotatable bonds is 3. The van der Waals surface area contributed by atoms with Gasteiger partial charge >= 0.3 is 5.97 Å². The number of fused-ring (bicyclic) bond motifs is 1. The van der Waals surface area contributed by atoms with Crippen molar-refractivity contribution in [3.8, 4) is 11.4 Å². The van der Waals surface area contributed by atoms with Gasteiger partial charge < -0.3 is 5.11 Å². The Labute approximate surface area is 126 Å². The summed E-state index contributed by atoms with van der Waals surface area (Å²) in [6.07, 6.45) is 0. The molecule has 5 nitrogen and oxygen atoms in total. The first-order chi connectivity index (χ1) is 10.6. The van der Waals surface area contributed by atoms with Gasteiger partial charge in [0.1, 0.15) is 11.9 Å². The second-order valence-corrected chi connectivity index (χ2v) is 5.01. The molecule has 0 aliphatic carbocycles. The van der Waals surface area contributed by atoms with Crippen LogP contribution in [0.1, 0.15) is 13.0 Å². The van der Waals surface area contributed by atoms with Crippen molar-refractivity contribution in [2.24, 2.45) is 0 Å². The Balaban J connectivity index is 2.41. The fraction of sp³-hybridized carbons (Fsp3) is 0.118. The number of aromatic nitrogens is 2. The van der Waals surface area contributed by atoms with Gasteiger partial charge in [0, 0.05) is 5.56 Å². The topological polar surface area (TPSA) is 72.2 Å². The van der Waals surface area contributed by atoms with E-state index < -0.39 is 12.0 Å². The van der Waals surface area contributed by atoms with Crippen molar-refractivity contribution in [1.29, 1.82) is 0 Å². The zero-order chi connectivity index (χ0) is 15.7. The lowest BCUT2D eigenvalue weighted by Crippen LogP contribution is -2.30. The molecule has 3 rings (SSSR count). The summed E-state index contributed by atoms with van der Waals surface area (Å²) in [5, 5.41) is 9.73. The van der Waals surface area contributed by atoms with E-state index in [1.807, 2.05) is 30.3 Å². The molecule has 0 amide bonds. The molecule has 1 unspecified atom stereocenters. The van der Waals surface area contributed by atoms with Crippen LogP contribution in [-0.4, -0.2) is 20.6 Å². The van der Waals surface area contributed by atoms with Crippen molar-refractivity contribution in [3.63, 3.8) is 0 Å². The maximum absolute atomic E-state index is 12.7. The molecular weight excluding hydrogens is 280 g/mol. The highest BCUT2D eigenvalue weighted by atomic mass is 16.4.